The Morgan fingerprint density at radius 1 is 1.00 bits per heavy atom. The van der Waals surface area contributed by atoms with E-state index in [0.717, 1.165) is 12.1 Å². The van der Waals surface area contributed by atoms with Crippen LogP contribution in [0.4, 0.5) is 17.6 Å². The molecule has 0 aliphatic heterocycles. The second-order valence-electron chi connectivity index (χ2n) is 5.91. The molecule has 6 nitrogen and oxygen atoms in total. The van der Waals surface area contributed by atoms with Crippen LogP contribution >= 0.6 is 11.6 Å². The zero-order valence-electron chi connectivity index (χ0n) is 14.5. The zero-order valence-corrected chi connectivity index (χ0v) is 15.2. The maximum absolute atomic E-state index is 14.3. The fourth-order valence-corrected chi connectivity index (χ4v) is 2.89. The van der Waals surface area contributed by atoms with Crippen LogP contribution in [0.2, 0.25) is 5.02 Å². The normalized spacial score (nSPS) is 11.8. The zero-order chi connectivity index (χ0) is 20.8. The molecule has 148 valence electrons. The second-order valence-corrected chi connectivity index (χ2v) is 6.32. The van der Waals surface area contributed by atoms with Gasteiger partial charge in [-0.05, 0) is 31.2 Å². The number of pyridine rings is 1. The summed E-state index contributed by atoms with van der Waals surface area (Å²) in [6, 6.07) is 6.11. The minimum atomic E-state index is -4.51. The maximum Gasteiger partial charge on any atom is 0.417 e. The highest BCUT2D eigenvalue weighted by Gasteiger charge is 2.31. The Kier molecular flexibility index (Phi) is 4.58. The van der Waals surface area contributed by atoms with Crippen molar-refractivity contribution in [2.75, 3.05) is 0 Å². The topological polar surface area (TPSA) is 77.8 Å². The van der Waals surface area contributed by atoms with Crippen molar-refractivity contribution in [1.29, 1.82) is 0 Å². The largest absolute Gasteiger partial charge is 0.417 e. The van der Waals surface area contributed by atoms with Gasteiger partial charge in [0.05, 0.1) is 16.1 Å². The van der Waals surface area contributed by atoms with Gasteiger partial charge >= 0.3 is 6.18 Å². The van der Waals surface area contributed by atoms with Crippen LogP contribution in [0.1, 0.15) is 11.3 Å². The fourth-order valence-electron chi connectivity index (χ4n) is 2.64. The van der Waals surface area contributed by atoms with Gasteiger partial charge in [0.25, 0.3) is 5.89 Å². The maximum atomic E-state index is 14.3. The first-order chi connectivity index (χ1) is 13.8. The first-order valence-corrected chi connectivity index (χ1v) is 8.42. The van der Waals surface area contributed by atoms with E-state index in [1.165, 1.54) is 18.2 Å². The lowest BCUT2D eigenvalue weighted by molar-refractivity contribution is -0.137. The first-order valence-electron chi connectivity index (χ1n) is 8.04. The van der Waals surface area contributed by atoms with Crippen LogP contribution in [-0.2, 0) is 6.18 Å². The molecule has 3 heterocycles. The third-order valence-corrected chi connectivity index (χ3v) is 4.34. The molecule has 0 fully saturated rings. The van der Waals surface area contributed by atoms with Gasteiger partial charge in [0, 0.05) is 6.20 Å². The number of halogens is 5. The second kappa shape index (κ2) is 6.96. The van der Waals surface area contributed by atoms with Crippen LogP contribution in [0.15, 0.2) is 45.6 Å². The molecule has 0 unspecified atom stereocenters. The van der Waals surface area contributed by atoms with Crippen LogP contribution in [0, 0.1) is 12.7 Å². The molecule has 3 aromatic heterocycles. The quantitative estimate of drug-likeness (QED) is 0.400. The molecule has 0 atom stereocenters. The van der Waals surface area contributed by atoms with E-state index in [2.05, 4.69) is 20.3 Å². The van der Waals surface area contributed by atoms with Crippen molar-refractivity contribution in [2.45, 2.75) is 13.1 Å². The molecule has 0 aliphatic rings. The molecule has 0 radical (unpaired) electrons. The predicted molar refractivity (Wildman–Crippen MR) is 93.2 cm³/mol. The minimum absolute atomic E-state index is 0.00609. The molecular weight excluding hydrogens is 416 g/mol. The van der Waals surface area contributed by atoms with E-state index in [4.69, 9.17) is 20.6 Å². The number of hydrogen-bond donors (Lipinski definition) is 0. The molecule has 4 aromatic rings. The smallest absolute Gasteiger partial charge is 0.360 e. The van der Waals surface area contributed by atoms with Crippen molar-refractivity contribution >= 4 is 11.6 Å². The molecular formula is C18H9ClF4N4O2. The van der Waals surface area contributed by atoms with Crippen LogP contribution in [0.25, 0.3) is 34.2 Å². The van der Waals surface area contributed by atoms with E-state index < -0.39 is 17.6 Å². The molecule has 11 heteroatoms. The first kappa shape index (κ1) is 19.1. The highest BCUT2D eigenvalue weighted by Crippen LogP contribution is 2.38. The number of nitrogens with zero attached hydrogens (tertiary/aromatic N) is 4. The molecule has 0 spiro atoms. The van der Waals surface area contributed by atoms with Crippen molar-refractivity contribution in [2.24, 2.45) is 0 Å². The van der Waals surface area contributed by atoms with Crippen molar-refractivity contribution in [3.63, 3.8) is 0 Å². The molecule has 1 aromatic carbocycles. The average molecular weight is 425 g/mol. The number of aromatic nitrogens is 4. The lowest BCUT2D eigenvalue weighted by Gasteiger charge is -2.05. The van der Waals surface area contributed by atoms with E-state index in [1.54, 1.807) is 6.92 Å². The average Bonchev–Trinajstić information content (AvgIpc) is 3.28. The molecule has 29 heavy (non-hydrogen) atoms. The Bertz CT molecular complexity index is 1170. The fraction of sp³-hybridized carbons (Fsp3) is 0.111. The van der Waals surface area contributed by atoms with Crippen molar-refractivity contribution in [1.82, 2.24) is 20.3 Å². The number of aryl methyl sites for hydroxylation is 1. The van der Waals surface area contributed by atoms with Crippen LogP contribution < -0.4 is 0 Å². The summed E-state index contributed by atoms with van der Waals surface area (Å²) in [5.41, 5.74) is -0.582. The van der Waals surface area contributed by atoms with Gasteiger partial charge in [-0.25, -0.2) is 4.39 Å². The van der Waals surface area contributed by atoms with E-state index in [-0.39, 0.29) is 45.0 Å². The Labute approximate surface area is 165 Å². The molecule has 0 saturated heterocycles. The summed E-state index contributed by atoms with van der Waals surface area (Å²) in [7, 11) is 0. The van der Waals surface area contributed by atoms with Gasteiger partial charge < -0.3 is 9.05 Å². The number of benzene rings is 1. The Morgan fingerprint density at radius 2 is 1.79 bits per heavy atom. The SMILES string of the molecule is Cc1onc(-c2c(F)cccc2Cl)c1-c1nc(-c2ccc(C(F)(F)F)cn2)no1. The number of rotatable bonds is 3. The third-order valence-electron chi connectivity index (χ3n) is 4.02. The summed E-state index contributed by atoms with van der Waals surface area (Å²) in [5, 5.41) is 7.67. The highest BCUT2D eigenvalue weighted by atomic mass is 35.5. The summed E-state index contributed by atoms with van der Waals surface area (Å²) in [4.78, 5) is 7.85. The number of alkyl halides is 3. The lowest BCUT2D eigenvalue weighted by atomic mass is 10.1. The van der Waals surface area contributed by atoms with Crippen LogP contribution in [0.3, 0.4) is 0 Å². The van der Waals surface area contributed by atoms with Crippen LogP contribution in [-0.4, -0.2) is 20.3 Å². The minimum Gasteiger partial charge on any atom is -0.360 e. The van der Waals surface area contributed by atoms with E-state index in [9.17, 15) is 17.6 Å². The standard InChI is InChI=1S/C18H9ClF4N4O2/c1-8-13(15(26-28-8)14-10(19)3-2-4-11(14)20)17-25-16(27-29-17)12-6-5-9(7-24-12)18(21,22)23/h2-7H,1H3. The summed E-state index contributed by atoms with van der Waals surface area (Å²) < 4.78 is 62.7. The molecule has 0 aliphatic carbocycles. The Hall–Kier alpha value is -3.27. The molecule has 0 saturated carbocycles. The van der Waals surface area contributed by atoms with E-state index in [0.29, 0.717) is 6.20 Å². The van der Waals surface area contributed by atoms with Gasteiger partial charge in [-0.3, -0.25) is 4.98 Å². The third kappa shape index (κ3) is 3.46. The van der Waals surface area contributed by atoms with Crippen LogP contribution in [0.5, 0.6) is 0 Å². The van der Waals surface area contributed by atoms with E-state index >= 15 is 0 Å². The van der Waals surface area contributed by atoms with Crippen molar-refractivity contribution in [3.05, 3.63) is 58.7 Å². The highest BCUT2D eigenvalue weighted by molar-refractivity contribution is 6.33. The lowest BCUT2D eigenvalue weighted by Crippen LogP contribution is -2.05. The van der Waals surface area contributed by atoms with Gasteiger partial charge in [0.15, 0.2) is 0 Å². The number of hydrogen-bond acceptors (Lipinski definition) is 6. The van der Waals surface area contributed by atoms with Gasteiger partial charge in [-0.15, -0.1) is 0 Å². The van der Waals surface area contributed by atoms with Gasteiger partial charge in [-0.2, -0.15) is 18.2 Å². The van der Waals surface area contributed by atoms with E-state index in [1.807, 2.05) is 0 Å². The van der Waals surface area contributed by atoms with Gasteiger partial charge in [0.1, 0.15) is 28.5 Å². The molecule has 0 amide bonds. The summed E-state index contributed by atoms with van der Waals surface area (Å²) in [6.07, 6.45) is -3.85. The van der Waals surface area contributed by atoms with Crippen molar-refractivity contribution in [3.8, 4) is 34.2 Å². The van der Waals surface area contributed by atoms with Gasteiger partial charge in [-0.1, -0.05) is 28.0 Å². The molecule has 0 bridgehead atoms. The Balaban J connectivity index is 1.76. The van der Waals surface area contributed by atoms with Crippen molar-refractivity contribution < 1.29 is 26.6 Å². The predicted octanol–water partition coefficient (Wildman–Crippen LogP) is 5.57. The molecule has 4 rings (SSSR count). The van der Waals surface area contributed by atoms with Gasteiger partial charge in [0.2, 0.25) is 5.82 Å². The summed E-state index contributed by atoms with van der Waals surface area (Å²) in [6.45, 7) is 1.56. The monoisotopic (exact) mass is 424 g/mol. The Morgan fingerprint density at radius 3 is 2.45 bits per heavy atom. The summed E-state index contributed by atoms with van der Waals surface area (Å²) in [5.74, 6) is -0.499. The summed E-state index contributed by atoms with van der Waals surface area (Å²) >= 11 is 6.10. The molecule has 0 N–H and O–H groups in total.